The molecule has 28 heavy (non-hydrogen) atoms. The first-order valence-electron chi connectivity index (χ1n) is 9.58. The van der Waals surface area contributed by atoms with Crippen molar-refractivity contribution in [2.75, 3.05) is 25.5 Å². The summed E-state index contributed by atoms with van der Waals surface area (Å²) in [6, 6.07) is 9.45. The molecule has 2 aliphatic heterocycles. The SMILES string of the molecule is CC(c1ccccc1)N1CC(NC(=O)Nc2nc3c(s2)CN(C)CC3)CC1=O. The fourth-order valence-corrected chi connectivity index (χ4v) is 4.89. The quantitative estimate of drug-likeness (QED) is 0.829. The average Bonchev–Trinajstić information content (AvgIpc) is 3.23. The van der Waals surface area contributed by atoms with Crippen molar-refractivity contribution in [3.05, 3.63) is 46.5 Å². The van der Waals surface area contributed by atoms with Gasteiger partial charge in [-0.25, -0.2) is 9.78 Å². The van der Waals surface area contributed by atoms with E-state index < -0.39 is 0 Å². The van der Waals surface area contributed by atoms with Gasteiger partial charge in [0.2, 0.25) is 5.91 Å². The van der Waals surface area contributed by atoms with Crippen molar-refractivity contribution in [3.8, 4) is 0 Å². The van der Waals surface area contributed by atoms with Crippen molar-refractivity contribution in [2.24, 2.45) is 0 Å². The first-order valence-corrected chi connectivity index (χ1v) is 10.4. The number of carbonyl (C=O) groups is 2. The minimum atomic E-state index is -0.300. The summed E-state index contributed by atoms with van der Waals surface area (Å²) >= 11 is 1.53. The molecule has 3 heterocycles. The van der Waals surface area contributed by atoms with Crippen molar-refractivity contribution in [1.29, 1.82) is 0 Å². The van der Waals surface area contributed by atoms with E-state index in [0.29, 0.717) is 18.1 Å². The number of rotatable bonds is 4. The van der Waals surface area contributed by atoms with Crippen LogP contribution in [0.3, 0.4) is 0 Å². The van der Waals surface area contributed by atoms with Crippen LogP contribution in [0.15, 0.2) is 30.3 Å². The monoisotopic (exact) mass is 399 g/mol. The van der Waals surface area contributed by atoms with E-state index in [2.05, 4.69) is 27.6 Å². The highest BCUT2D eigenvalue weighted by Crippen LogP contribution is 2.28. The van der Waals surface area contributed by atoms with Gasteiger partial charge in [0.05, 0.1) is 17.8 Å². The lowest BCUT2D eigenvalue weighted by Gasteiger charge is -2.25. The van der Waals surface area contributed by atoms with Gasteiger partial charge >= 0.3 is 6.03 Å². The van der Waals surface area contributed by atoms with Crippen LogP contribution in [-0.4, -0.2) is 52.9 Å². The number of urea groups is 1. The normalized spacial score (nSPS) is 20.7. The molecule has 8 heteroatoms. The molecule has 0 aliphatic carbocycles. The lowest BCUT2D eigenvalue weighted by molar-refractivity contribution is -0.129. The van der Waals surface area contributed by atoms with Crippen molar-refractivity contribution >= 4 is 28.4 Å². The molecule has 148 valence electrons. The van der Waals surface area contributed by atoms with Crippen molar-refractivity contribution < 1.29 is 9.59 Å². The summed E-state index contributed by atoms with van der Waals surface area (Å²) in [5, 5.41) is 6.39. The molecule has 0 radical (unpaired) electrons. The van der Waals surface area contributed by atoms with E-state index in [9.17, 15) is 9.59 Å². The van der Waals surface area contributed by atoms with Gasteiger partial charge in [-0.1, -0.05) is 30.3 Å². The fourth-order valence-electron chi connectivity index (χ4n) is 3.81. The summed E-state index contributed by atoms with van der Waals surface area (Å²) in [4.78, 5) is 34.7. The Bertz CT molecular complexity index is 869. The zero-order valence-electron chi connectivity index (χ0n) is 16.1. The van der Waals surface area contributed by atoms with E-state index in [4.69, 9.17) is 0 Å². The second-order valence-corrected chi connectivity index (χ2v) is 8.59. The summed E-state index contributed by atoms with van der Waals surface area (Å²) < 4.78 is 0. The van der Waals surface area contributed by atoms with Gasteiger partial charge < -0.3 is 15.1 Å². The van der Waals surface area contributed by atoms with Gasteiger partial charge in [-0.3, -0.25) is 10.1 Å². The molecular weight excluding hydrogens is 374 g/mol. The van der Waals surface area contributed by atoms with Gasteiger partial charge in [-0.2, -0.15) is 0 Å². The molecule has 0 spiro atoms. The van der Waals surface area contributed by atoms with Crippen LogP contribution in [0, 0.1) is 0 Å². The third kappa shape index (κ3) is 4.02. The molecule has 7 nitrogen and oxygen atoms in total. The summed E-state index contributed by atoms with van der Waals surface area (Å²) in [6.45, 7) is 4.40. The van der Waals surface area contributed by atoms with Gasteiger partial charge in [0, 0.05) is 37.4 Å². The Morgan fingerprint density at radius 3 is 2.89 bits per heavy atom. The number of carbonyl (C=O) groups excluding carboxylic acids is 2. The zero-order valence-corrected chi connectivity index (χ0v) is 17.0. The van der Waals surface area contributed by atoms with Crippen LogP contribution in [0.5, 0.6) is 0 Å². The number of amides is 3. The van der Waals surface area contributed by atoms with Gasteiger partial charge in [0.1, 0.15) is 0 Å². The fraction of sp³-hybridized carbons (Fsp3) is 0.450. The molecule has 1 fully saturated rings. The Balaban J connectivity index is 1.33. The lowest BCUT2D eigenvalue weighted by atomic mass is 10.1. The molecule has 4 rings (SSSR count). The number of benzene rings is 1. The van der Waals surface area contributed by atoms with Crippen LogP contribution in [0.1, 0.15) is 35.5 Å². The van der Waals surface area contributed by atoms with Gasteiger partial charge in [0.15, 0.2) is 5.13 Å². The third-order valence-electron chi connectivity index (χ3n) is 5.39. The maximum absolute atomic E-state index is 12.4. The molecule has 0 bridgehead atoms. The second-order valence-electron chi connectivity index (χ2n) is 7.51. The number of thiazole rings is 1. The Labute approximate surface area is 168 Å². The number of nitrogens with one attached hydrogen (secondary N) is 2. The summed E-state index contributed by atoms with van der Waals surface area (Å²) in [5.41, 5.74) is 2.18. The van der Waals surface area contributed by atoms with Crippen LogP contribution in [-0.2, 0) is 17.8 Å². The number of hydrogen-bond acceptors (Lipinski definition) is 5. The first kappa shape index (κ1) is 18.9. The number of likely N-dealkylation sites (N-methyl/N-ethyl adjacent to an activating group) is 1. The van der Waals surface area contributed by atoms with Crippen LogP contribution in [0.4, 0.5) is 9.93 Å². The highest BCUT2D eigenvalue weighted by Gasteiger charge is 2.34. The molecule has 1 aromatic carbocycles. The van der Waals surface area contributed by atoms with E-state index in [0.717, 1.165) is 30.8 Å². The predicted molar refractivity (Wildman–Crippen MR) is 109 cm³/mol. The number of hydrogen-bond donors (Lipinski definition) is 2. The molecule has 2 aliphatic rings. The van der Waals surface area contributed by atoms with Crippen LogP contribution >= 0.6 is 11.3 Å². The van der Waals surface area contributed by atoms with Gasteiger partial charge in [-0.15, -0.1) is 11.3 Å². The zero-order chi connectivity index (χ0) is 19.7. The summed E-state index contributed by atoms with van der Waals surface area (Å²) in [6.07, 6.45) is 1.23. The molecule has 2 unspecified atom stereocenters. The number of nitrogens with zero attached hydrogens (tertiary/aromatic N) is 3. The Morgan fingerprint density at radius 1 is 1.32 bits per heavy atom. The summed E-state index contributed by atoms with van der Waals surface area (Å²) in [7, 11) is 2.09. The second kappa shape index (κ2) is 7.89. The summed E-state index contributed by atoms with van der Waals surface area (Å²) in [5.74, 6) is 0.0643. The minimum absolute atomic E-state index is 0.00811. The number of anilines is 1. The highest BCUT2D eigenvalue weighted by molar-refractivity contribution is 7.15. The molecule has 1 aromatic heterocycles. The Morgan fingerprint density at radius 2 is 2.11 bits per heavy atom. The largest absolute Gasteiger partial charge is 0.334 e. The van der Waals surface area contributed by atoms with E-state index in [-0.39, 0.29) is 24.0 Å². The maximum atomic E-state index is 12.4. The third-order valence-corrected chi connectivity index (χ3v) is 6.38. The smallest absolute Gasteiger partial charge is 0.321 e. The van der Waals surface area contributed by atoms with Crippen molar-refractivity contribution in [1.82, 2.24) is 20.1 Å². The van der Waals surface area contributed by atoms with Crippen LogP contribution < -0.4 is 10.6 Å². The van der Waals surface area contributed by atoms with E-state index in [1.54, 1.807) is 0 Å². The van der Waals surface area contributed by atoms with Crippen LogP contribution in [0.25, 0.3) is 0 Å². The van der Waals surface area contributed by atoms with Crippen molar-refractivity contribution in [3.63, 3.8) is 0 Å². The lowest BCUT2D eigenvalue weighted by Crippen LogP contribution is -2.40. The van der Waals surface area contributed by atoms with Crippen molar-refractivity contribution in [2.45, 2.75) is 38.4 Å². The molecule has 2 N–H and O–H groups in total. The number of fused-ring (bicyclic) bond motifs is 1. The molecule has 1 saturated heterocycles. The molecule has 2 aromatic rings. The highest BCUT2D eigenvalue weighted by atomic mass is 32.1. The van der Waals surface area contributed by atoms with E-state index in [1.807, 2.05) is 42.2 Å². The topological polar surface area (TPSA) is 77.6 Å². The molecule has 3 amide bonds. The standard InChI is InChI=1S/C20H25N5O2S/c1-13(14-6-4-3-5-7-14)25-11-15(10-18(25)26)21-19(27)23-20-22-16-8-9-24(2)12-17(16)28-20/h3-7,13,15H,8-12H2,1-2H3,(H2,21,22,23,27). The molecule has 2 atom stereocenters. The molecular formula is C20H25N5O2S. The van der Waals surface area contributed by atoms with E-state index in [1.165, 1.54) is 16.2 Å². The molecule has 0 saturated carbocycles. The van der Waals surface area contributed by atoms with E-state index >= 15 is 0 Å². The average molecular weight is 400 g/mol. The Kier molecular flexibility index (Phi) is 5.32. The number of aromatic nitrogens is 1. The van der Waals surface area contributed by atoms with Crippen LogP contribution in [0.2, 0.25) is 0 Å². The Hall–Kier alpha value is -2.45. The predicted octanol–water partition coefficient (Wildman–Crippen LogP) is 2.61. The van der Waals surface area contributed by atoms with Gasteiger partial charge in [0.25, 0.3) is 0 Å². The minimum Gasteiger partial charge on any atom is -0.334 e. The first-order chi connectivity index (χ1) is 13.5. The maximum Gasteiger partial charge on any atom is 0.321 e. The number of likely N-dealkylation sites (tertiary alicyclic amines) is 1. The van der Waals surface area contributed by atoms with Gasteiger partial charge in [-0.05, 0) is 19.5 Å².